The average molecular weight is 485 g/mol. The summed E-state index contributed by atoms with van der Waals surface area (Å²) in [6.07, 6.45) is 4.09. The van der Waals surface area contributed by atoms with Crippen LogP contribution in [0, 0.1) is 13.8 Å². The number of hydrogen-bond donors (Lipinski definition) is 1. The molecule has 0 spiro atoms. The average Bonchev–Trinajstić information content (AvgIpc) is 3.30. The van der Waals surface area contributed by atoms with E-state index in [2.05, 4.69) is 70.7 Å². The van der Waals surface area contributed by atoms with Gasteiger partial charge in [-0.15, -0.1) is 0 Å². The van der Waals surface area contributed by atoms with Crippen molar-refractivity contribution < 1.29 is 4.74 Å². The summed E-state index contributed by atoms with van der Waals surface area (Å²) in [7, 11) is 4.25. The molecule has 0 saturated carbocycles. The first-order chi connectivity index (χ1) is 16.5. The molecule has 2 aromatic heterocycles. The molecule has 2 fully saturated rings. The van der Waals surface area contributed by atoms with Gasteiger partial charge in [0.05, 0.1) is 31.0 Å². The Hall–Kier alpha value is -2.00. The lowest BCUT2D eigenvalue weighted by atomic mass is 9.96. The highest BCUT2D eigenvalue weighted by Gasteiger charge is 2.41. The highest BCUT2D eigenvalue weighted by molar-refractivity contribution is 7.80. The summed E-state index contributed by atoms with van der Waals surface area (Å²) in [5, 5.41) is 4.43. The summed E-state index contributed by atoms with van der Waals surface area (Å²) < 4.78 is 7.98. The van der Waals surface area contributed by atoms with Crippen LogP contribution in [0.15, 0.2) is 30.5 Å². The predicted octanol–water partition coefficient (Wildman–Crippen LogP) is 3.15. The molecule has 0 radical (unpaired) electrons. The fraction of sp³-hybridized carbons (Fsp3) is 0.615. The first-order valence-electron chi connectivity index (χ1n) is 12.5. The van der Waals surface area contributed by atoms with Gasteiger partial charge >= 0.3 is 0 Å². The maximum Gasteiger partial charge on any atom is 0.170 e. The summed E-state index contributed by atoms with van der Waals surface area (Å²) in [6, 6.07) is 8.71. The number of nitrogens with one attached hydrogen (secondary N) is 1. The predicted molar refractivity (Wildman–Crippen MR) is 141 cm³/mol. The fourth-order valence-electron chi connectivity index (χ4n) is 5.29. The van der Waals surface area contributed by atoms with Gasteiger partial charge in [0.2, 0.25) is 0 Å². The minimum atomic E-state index is 0.0513. The van der Waals surface area contributed by atoms with E-state index in [1.807, 2.05) is 12.3 Å². The lowest BCUT2D eigenvalue weighted by Gasteiger charge is -2.29. The van der Waals surface area contributed by atoms with Crippen molar-refractivity contribution >= 4 is 17.3 Å². The number of nitrogens with zero attached hydrogens (tertiary/aromatic N) is 5. The van der Waals surface area contributed by atoms with Gasteiger partial charge in [-0.2, -0.15) is 0 Å². The highest BCUT2D eigenvalue weighted by Crippen LogP contribution is 2.40. The number of aryl methyl sites for hydroxylation is 1. The summed E-state index contributed by atoms with van der Waals surface area (Å²) in [4.78, 5) is 11.8. The summed E-state index contributed by atoms with van der Waals surface area (Å²) >= 11 is 5.85. The lowest BCUT2D eigenvalue weighted by molar-refractivity contribution is 0.0369. The van der Waals surface area contributed by atoms with E-state index in [0.29, 0.717) is 0 Å². The molecule has 34 heavy (non-hydrogen) atoms. The SMILES string of the molecule is Cc1cc([C@H]2[C@@H](c3ccccn3)NC(=S)N2CCCN(C)C)c(C)n1CCCN1CCOCC1. The second kappa shape index (κ2) is 11.6. The first kappa shape index (κ1) is 25.1. The molecule has 4 rings (SSSR count). The Bertz CT molecular complexity index is 940. The molecular weight excluding hydrogens is 444 g/mol. The molecule has 2 aromatic rings. The van der Waals surface area contributed by atoms with Crippen molar-refractivity contribution in [2.24, 2.45) is 0 Å². The molecule has 0 amide bonds. The van der Waals surface area contributed by atoms with Gasteiger partial charge in [-0.25, -0.2) is 0 Å². The number of hydrogen-bond acceptors (Lipinski definition) is 5. The van der Waals surface area contributed by atoms with Crippen LogP contribution in [0.5, 0.6) is 0 Å². The Kier molecular flexibility index (Phi) is 8.58. The Labute approximate surface area is 210 Å². The molecule has 2 atom stereocenters. The third-order valence-corrected chi connectivity index (χ3v) is 7.45. The van der Waals surface area contributed by atoms with Gasteiger partial charge in [0, 0.05) is 50.3 Å². The van der Waals surface area contributed by atoms with Crippen molar-refractivity contribution in [2.45, 2.75) is 45.3 Å². The number of ether oxygens (including phenoxy) is 1. The van der Waals surface area contributed by atoms with Crippen LogP contribution in [-0.4, -0.2) is 89.4 Å². The molecule has 8 heteroatoms. The molecule has 0 aromatic carbocycles. The molecule has 2 aliphatic heterocycles. The zero-order valence-corrected chi connectivity index (χ0v) is 22.0. The zero-order chi connectivity index (χ0) is 24.1. The van der Waals surface area contributed by atoms with E-state index in [1.54, 1.807) is 0 Å². The largest absolute Gasteiger partial charge is 0.379 e. The molecule has 2 saturated heterocycles. The quantitative estimate of drug-likeness (QED) is 0.520. The van der Waals surface area contributed by atoms with Gasteiger partial charge in [-0.3, -0.25) is 9.88 Å². The Morgan fingerprint density at radius 3 is 2.62 bits per heavy atom. The molecule has 1 N–H and O–H groups in total. The number of morpholine rings is 1. The van der Waals surface area contributed by atoms with Crippen molar-refractivity contribution in [3.05, 3.63) is 53.1 Å². The molecule has 0 aliphatic carbocycles. The van der Waals surface area contributed by atoms with E-state index >= 15 is 0 Å². The van der Waals surface area contributed by atoms with Crippen LogP contribution in [0.25, 0.3) is 0 Å². The monoisotopic (exact) mass is 484 g/mol. The Balaban J connectivity index is 1.55. The van der Waals surface area contributed by atoms with Gasteiger partial charge in [0.25, 0.3) is 0 Å². The van der Waals surface area contributed by atoms with Gasteiger partial charge in [0.15, 0.2) is 5.11 Å². The molecule has 186 valence electrons. The van der Waals surface area contributed by atoms with E-state index in [1.165, 1.54) is 17.0 Å². The van der Waals surface area contributed by atoms with Crippen molar-refractivity contribution in [2.75, 3.05) is 60.0 Å². The standard InChI is InChI=1S/C26H40N6OS/c1-20-19-22(21(2)31(20)13-8-12-30-15-17-33-18-16-30)25-24(23-9-5-6-10-27-23)28-26(34)32(25)14-7-11-29(3)4/h5-6,9-10,19,24-25H,7-8,11-18H2,1-4H3,(H,28,34)/t24-,25+/m1/s1. The van der Waals surface area contributed by atoms with Crippen LogP contribution in [0.3, 0.4) is 0 Å². The van der Waals surface area contributed by atoms with Crippen LogP contribution >= 0.6 is 12.2 Å². The maximum absolute atomic E-state index is 5.85. The van der Waals surface area contributed by atoms with E-state index in [0.717, 1.165) is 76.1 Å². The minimum absolute atomic E-state index is 0.0513. The number of pyridine rings is 1. The Morgan fingerprint density at radius 2 is 1.91 bits per heavy atom. The van der Waals surface area contributed by atoms with Crippen LogP contribution in [0.2, 0.25) is 0 Å². The van der Waals surface area contributed by atoms with Crippen molar-refractivity contribution in [1.29, 1.82) is 0 Å². The third-order valence-electron chi connectivity index (χ3n) is 7.09. The van der Waals surface area contributed by atoms with E-state index in [4.69, 9.17) is 21.9 Å². The molecule has 0 bridgehead atoms. The van der Waals surface area contributed by atoms with Gasteiger partial charge in [0.1, 0.15) is 0 Å². The van der Waals surface area contributed by atoms with E-state index in [9.17, 15) is 0 Å². The number of aromatic nitrogens is 2. The van der Waals surface area contributed by atoms with Crippen LogP contribution in [0.1, 0.15) is 47.6 Å². The fourth-order valence-corrected chi connectivity index (χ4v) is 5.62. The number of thiocarbonyl (C=S) groups is 1. The zero-order valence-electron chi connectivity index (χ0n) is 21.2. The van der Waals surface area contributed by atoms with Crippen LogP contribution in [0.4, 0.5) is 0 Å². The molecular formula is C26H40N6OS. The van der Waals surface area contributed by atoms with Gasteiger partial charge < -0.3 is 24.4 Å². The Morgan fingerprint density at radius 1 is 1.12 bits per heavy atom. The second-order valence-electron chi connectivity index (χ2n) is 9.76. The topological polar surface area (TPSA) is 48.8 Å². The smallest absolute Gasteiger partial charge is 0.170 e. The third kappa shape index (κ3) is 5.79. The lowest BCUT2D eigenvalue weighted by Crippen LogP contribution is -2.37. The normalized spacial score (nSPS) is 21.4. The van der Waals surface area contributed by atoms with Gasteiger partial charge in [-0.1, -0.05) is 6.07 Å². The van der Waals surface area contributed by atoms with Gasteiger partial charge in [-0.05, 0) is 83.3 Å². The van der Waals surface area contributed by atoms with Crippen molar-refractivity contribution in [3.63, 3.8) is 0 Å². The van der Waals surface area contributed by atoms with E-state index in [-0.39, 0.29) is 12.1 Å². The summed E-state index contributed by atoms with van der Waals surface area (Å²) in [5.74, 6) is 0. The highest BCUT2D eigenvalue weighted by atomic mass is 32.1. The van der Waals surface area contributed by atoms with Crippen molar-refractivity contribution in [3.8, 4) is 0 Å². The number of rotatable bonds is 10. The van der Waals surface area contributed by atoms with Crippen molar-refractivity contribution in [1.82, 2.24) is 29.6 Å². The van der Waals surface area contributed by atoms with Crippen LogP contribution < -0.4 is 5.32 Å². The van der Waals surface area contributed by atoms with E-state index < -0.39 is 0 Å². The summed E-state index contributed by atoms with van der Waals surface area (Å²) in [6.45, 7) is 12.5. The minimum Gasteiger partial charge on any atom is -0.379 e. The molecule has 7 nitrogen and oxygen atoms in total. The summed E-state index contributed by atoms with van der Waals surface area (Å²) in [5.41, 5.74) is 5.06. The maximum atomic E-state index is 5.85. The first-order valence-corrected chi connectivity index (χ1v) is 13.0. The molecule has 0 unspecified atom stereocenters. The van der Waals surface area contributed by atoms with Crippen LogP contribution in [-0.2, 0) is 11.3 Å². The molecule has 4 heterocycles. The second-order valence-corrected chi connectivity index (χ2v) is 10.1. The molecule has 2 aliphatic rings.